The van der Waals surface area contributed by atoms with Crippen LogP contribution >= 0.6 is 0 Å². The van der Waals surface area contributed by atoms with Crippen molar-refractivity contribution in [1.29, 1.82) is 0 Å². The second-order valence-electron chi connectivity index (χ2n) is 4.79. The first kappa shape index (κ1) is 10.2. The summed E-state index contributed by atoms with van der Waals surface area (Å²) in [5.74, 6) is 2.97. The van der Waals surface area contributed by atoms with Crippen LogP contribution in [0.5, 0.6) is 0 Å². The molecular formula is C11H17InN3. The fourth-order valence-corrected chi connectivity index (χ4v) is 5.02. The van der Waals surface area contributed by atoms with E-state index in [2.05, 4.69) is 18.1 Å². The van der Waals surface area contributed by atoms with Crippen molar-refractivity contribution in [1.82, 2.24) is 8.20 Å². The monoisotopic (exact) mass is 306 g/mol. The van der Waals surface area contributed by atoms with E-state index in [9.17, 15) is 0 Å². The first-order chi connectivity index (χ1) is 7.42. The minimum atomic E-state index is -0.536. The molecular weight excluding hydrogens is 289 g/mol. The summed E-state index contributed by atoms with van der Waals surface area (Å²) in [5, 5.41) is 0. The standard InChI is InChI=1S/C11H17N3.In/c1-2-11(12)13-7-10-8-14-5-3-9(10)4-6-14;/h1-2,9-10H,3-8H2,(H-,12,13);/q-1;+1/t10-;/m0./s1. The van der Waals surface area contributed by atoms with Crippen molar-refractivity contribution in [2.24, 2.45) is 16.8 Å². The molecule has 0 aromatic carbocycles. The van der Waals surface area contributed by atoms with E-state index in [1.54, 1.807) is 0 Å². The van der Waals surface area contributed by atoms with Crippen molar-refractivity contribution in [2.75, 3.05) is 26.2 Å². The number of fused-ring (bicyclic) bond motifs is 3. The van der Waals surface area contributed by atoms with Gasteiger partial charge < -0.3 is 0 Å². The molecule has 2 bridgehead atoms. The molecule has 4 heteroatoms. The van der Waals surface area contributed by atoms with Gasteiger partial charge in [0.1, 0.15) is 0 Å². The van der Waals surface area contributed by atoms with Crippen LogP contribution in [0.2, 0.25) is 0 Å². The maximum atomic E-state index is 4.71. The van der Waals surface area contributed by atoms with Crippen LogP contribution in [0.4, 0.5) is 0 Å². The molecule has 3 saturated heterocycles. The topological polar surface area (TPSA) is 27.6 Å². The molecule has 15 heavy (non-hydrogen) atoms. The second kappa shape index (κ2) is 4.50. The van der Waals surface area contributed by atoms with Gasteiger partial charge in [-0.2, -0.15) is 0 Å². The third-order valence-corrected chi connectivity index (χ3v) is 6.29. The predicted molar refractivity (Wildman–Crippen MR) is 63.0 cm³/mol. The molecule has 4 heterocycles. The van der Waals surface area contributed by atoms with Crippen LogP contribution < -0.4 is 3.30 Å². The van der Waals surface area contributed by atoms with Gasteiger partial charge in [0, 0.05) is 0 Å². The molecule has 0 aromatic rings. The molecule has 0 saturated carbocycles. The summed E-state index contributed by atoms with van der Waals surface area (Å²) in [4.78, 5) is 7.32. The SMILES string of the molecule is [CH]1=CC(=NC[C@H]2CN3CCC2CC3)[NH][In]1. The van der Waals surface area contributed by atoms with Crippen LogP contribution in [0.15, 0.2) is 14.9 Å². The summed E-state index contributed by atoms with van der Waals surface area (Å²) >= 11 is -0.536. The molecule has 0 amide bonds. The Morgan fingerprint density at radius 1 is 1.47 bits per heavy atom. The zero-order chi connectivity index (χ0) is 10.1. The van der Waals surface area contributed by atoms with E-state index < -0.39 is 23.2 Å². The normalized spacial score (nSPS) is 40.5. The van der Waals surface area contributed by atoms with Gasteiger partial charge in [0.15, 0.2) is 0 Å². The van der Waals surface area contributed by atoms with Crippen molar-refractivity contribution >= 4 is 29.0 Å². The Kier molecular flexibility index (Phi) is 3.06. The molecule has 3 nitrogen and oxygen atoms in total. The van der Waals surface area contributed by atoms with Gasteiger partial charge in [-0.15, -0.1) is 0 Å². The number of piperidine rings is 3. The minimum absolute atomic E-state index is 0.536. The maximum absolute atomic E-state index is 4.71. The fourth-order valence-electron chi connectivity index (χ4n) is 2.93. The zero-order valence-electron chi connectivity index (χ0n) is 9.02. The number of amidine groups is 1. The average molecular weight is 306 g/mol. The Morgan fingerprint density at radius 3 is 2.93 bits per heavy atom. The molecule has 1 radical (unpaired) electrons. The van der Waals surface area contributed by atoms with Gasteiger partial charge in [-0.1, -0.05) is 0 Å². The average Bonchev–Trinajstić information content (AvgIpc) is 2.81. The predicted octanol–water partition coefficient (Wildman–Crippen LogP) is 0.463. The molecule has 1 atom stereocenters. The van der Waals surface area contributed by atoms with Crippen molar-refractivity contribution in [2.45, 2.75) is 12.8 Å². The van der Waals surface area contributed by atoms with Gasteiger partial charge in [0.05, 0.1) is 0 Å². The Balaban J connectivity index is 1.59. The van der Waals surface area contributed by atoms with Crippen LogP contribution in [-0.2, 0) is 0 Å². The van der Waals surface area contributed by atoms with Crippen LogP contribution in [-0.4, -0.2) is 60.1 Å². The van der Waals surface area contributed by atoms with Gasteiger partial charge in [-0.05, 0) is 0 Å². The molecule has 1 N–H and O–H groups in total. The molecule has 4 aliphatic rings. The summed E-state index contributed by atoms with van der Waals surface area (Å²) in [6, 6.07) is 0. The van der Waals surface area contributed by atoms with Gasteiger partial charge in [0.25, 0.3) is 0 Å². The van der Waals surface area contributed by atoms with Crippen LogP contribution in [0.25, 0.3) is 0 Å². The van der Waals surface area contributed by atoms with Gasteiger partial charge >= 0.3 is 103 Å². The summed E-state index contributed by atoms with van der Waals surface area (Å²) in [6.45, 7) is 5.03. The van der Waals surface area contributed by atoms with Crippen molar-refractivity contribution in [3.05, 3.63) is 9.91 Å². The van der Waals surface area contributed by atoms with Crippen molar-refractivity contribution in [3.8, 4) is 0 Å². The van der Waals surface area contributed by atoms with E-state index in [1.807, 2.05) is 0 Å². The van der Waals surface area contributed by atoms with Gasteiger partial charge in [-0.25, -0.2) is 0 Å². The third kappa shape index (κ3) is 2.26. The summed E-state index contributed by atoms with van der Waals surface area (Å²) in [7, 11) is 0. The Morgan fingerprint density at radius 2 is 2.33 bits per heavy atom. The molecule has 4 rings (SSSR count). The Bertz CT molecular complexity index is 292. The van der Waals surface area contributed by atoms with E-state index in [0.717, 1.165) is 18.4 Å². The number of nitrogens with one attached hydrogen (secondary N) is 1. The summed E-state index contributed by atoms with van der Waals surface area (Å²) < 4.78 is 5.78. The van der Waals surface area contributed by atoms with E-state index in [0.29, 0.717) is 0 Å². The Labute approximate surface area is 103 Å². The molecule has 0 unspecified atom stereocenters. The molecule has 79 valence electrons. The fraction of sp³-hybridized carbons (Fsp3) is 0.727. The Hall–Kier alpha value is 0.0401. The number of aliphatic imine (C=N–C) groups is 1. The van der Waals surface area contributed by atoms with Crippen LogP contribution in [0, 0.1) is 11.8 Å². The quantitative estimate of drug-likeness (QED) is 0.803. The third-order valence-electron chi connectivity index (χ3n) is 3.87. The van der Waals surface area contributed by atoms with Crippen molar-refractivity contribution in [3.63, 3.8) is 0 Å². The number of rotatable bonds is 2. The van der Waals surface area contributed by atoms with Crippen LogP contribution in [0.3, 0.4) is 0 Å². The van der Waals surface area contributed by atoms with Crippen LogP contribution in [0.1, 0.15) is 12.8 Å². The second-order valence-corrected chi connectivity index (χ2v) is 7.67. The molecule has 0 spiro atoms. The molecule has 3 fully saturated rings. The van der Waals surface area contributed by atoms with E-state index in [-0.39, 0.29) is 0 Å². The molecule has 0 aromatic heterocycles. The van der Waals surface area contributed by atoms with E-state index in [1.165, 1.54) is 38.3 Å². The van der Waals surface area contributed by atoms with Gasteiger partial charge in [-0.3, -0.25) is 0 Å². The zero-order valence-corrected chi connectivity index (χ0v) is 12.3. The molecule has 0 aliphatic carbocycles. The van der Waals surface area contributed by atoms with E-state index >= 15 is 0 Å². The first-order valence-electron chi connectivity index (χ1n) is 5.95. The summed E-state index contributed by atoms with van der Waals surface area (Å²) in [5.41, 5.74) is 0. The van der Waals surface area contributed by atoms with Gasteiger partial charge in [0.2, 0.25) is 0 Å². The van der Waals surface area contributed by atoms with E-state index in [4.69, 9.17) is 4.99 Å². The molecule has 4 aliphatic heterocycles. The number of nitrogens with zero attached hydrogens (tertiary/aromatic N) is 2. The summed E-state index contributed by atoms with van der Waals surface area (Å²) in [6.07, 6.45) is 5.01. The van der Waals surface area contributed by atoms with Crippen molar-refractivity contribution < 1.29 is 0 Å². The number of hydrogen-bond donors (Lipinski definition) is 1. The first-order valence-corrected chi connectivity index (χ1v) is 9.50. The number of hydrogen-bond acceptors (Lipinski definition) is 2.